The summed E-state index contributed by atoms with van der Waals surface area (Å²) >= 11 is 6.12. The normalized spacial score (nSPS) is 10.6. The minimum atomic E-state index is -0.715. The standard InChI is InChI=1S/C18H21ClN2O5/c1-3-4-5-8-26-14(22)10-20-18(24)15-16(23)12-7-6-11(25-2)9-13(12)17(19)21-15/h6-7,9,23H,3-5,8,10H2,1-2H3,(H,20,24). The number of benzene rings is 1. The first-order valence-electron chi connectivity index (χ1n) is 8.28. The van der Waals surface area contributed by atoms with Crippen molar-refractivity contribution >= 4 is 34.2 Å². The summed E-state index contributed by atoms with van der Waals surface area (Å²) in [6.45, 7) is 2.05. The van der Waals surface area contributed by atoms with Crippen molar-refractivity contribution in [2.45, 2.75) is 26.2 Å². The second-order valence-corrected chi connectivity index (χ2v) is 5.98. The van der Waals surface area contributed by atoms with Gasteiger partial charge in [0.2, 0.25) is 0 Å². The molecule has 0 saturated heterocycles. The molecule has 2 N–H and O–H groups in total. The molecule has 0 radical (unpaired) electrons. The number of aromatic nitrogens is 1. The van der Waals surface area contributed by atoms with Crippen molar-refractivity contribution < 1.29 is 24.2 Å². The van der Waals surface area contributed by atoms with Crippen LogP contribution in [0.25, 0.3) is 10.8 Å². The van der Waals surface area contributed by atoms with Gasteiger partial charge in [-0.15, -0.1) is 0 Å². The molecule has 1 heterocycles. The number of esters is 1. The molecule has 0 unspecified atom stereocenters. The molecule has 140 valence electrons. The fourth-order valence-corrected chi connectivity index (χ4v) is 2.59. The Bertz CT molecular complexity index is 810. The summed E-state index contributed by atoms with van der Waals surface area (Å²) in [6.07, 6.45) is 2.77. The van der Waals surface area contributed by atoms with Crippen LogP contribution in [0.4, 0.5) is 0 Å². The first-order valence-corrected chi connectivity index (χ1v) is 8.65. The highest BCUT2D eigenvalue weighted by atomic mass is 35.5. The van der Waals surface area contributed by atoms with E-state index < -0.39 is 11.9 Å². The number of hydrogen-bond donors (Lipinski definition) is 2. The number of nitrogens with zero attached hydrogens (tertiary/aromatic N) is 1. The van der Waals surface area contributed by atoms with Crippen molar-refractivity contribution in [3.05, 3.63) is 29.0 Å². The number of carbonyl (C=O) groups excluding carboxylic acids is 2. The lowest BCUT2D eigenvalue weighted by atomic mass is 10.1. The zero-order valence-electron chi connectivity index (χ0n) is 14.7. The van der Waals surface area contributed by atoms with E-state index in [1.54, 1.807) is 18.2 Å². The molecule has 26 heavy (non-hydrogen) atoms. The van der Waals surface area contributed by atoms with Gasteiger partial charge in [0, 0.05) is 10.8 Å². The molecular formula is C18H21ClN2O5. The number of unbranched alkanes of at least 4 members (excludes halogenated alkanes) is 2. The molecule has 0 aliphatic carbocycles. The number of rotatable bonds is 8. The van der Waals surface area contributed by atoms with Crippen molar-refractivity contribution in [3.63, 3.8) is 0 Å². The molecule has 1 aromatic carbocycles. The molecule has 0 aliphatic rings. The van der Waals surface area contributed by atoms with Crippen LogP contribution >= 0.6 is 11.6 Å². The molecule has 2 rings (SSSR count). The number of methoxy groups -OCH3 is 1. The summed E-state index contributed by atoms with van der Waals surface area (Å²) in [4.78, 5) is 27.8. The fourth-order valence-electron chi connectivity index (χ4n) is 2.35. The van der Waals surface area contributed by atoms with E-state index in [9.17, 15) is 14.7 Å². The predicted molar refractivity (Wildman–Crippen MR) is 97.8 cm³/mol. The number of amides is 1. The number of fused-ring (bicyclic) bond motifs is 1. The van der Waals surface area contributed by atoms with E-state index in [0.717, 1.165) is 19.3 Å². The third kappa shape index (κ3) is 4.76. The van der Waals surface area contributed by atoms with E-state index in [4.69, 9.17) is 21.1 Å². The van der Waals surface area contributed by atoms with Gasteiger partial charge in [0.05, 0.1) is 13.7 Å². The molecule has 0 spiro atoms. The van der Waals surface area contributed by atoms with Gasteiger partial charge in [-0.25, -0.2) is 4.98 Å². The minimum absolute atomic E-state index is 0.0454. The van der Waals surface area contributed by atoms with Gasteiger partial charge in [0.1, 0.15) is 17.4 Å². The number of nitrogens with one attached hydrogen (secondary N) is 1. The van der Waals surface area contributed by atoms with Crippen LogP contribution in [0.2, 0.25) is 5.15 Å². The Hall–Kier alpha value is -2.54. The Morgan fingerprint density at radius 1 is 1.27 bits per heavy atom. The zero-order chi connectivity index (χ0) is 19.1. The second kappa shape index (κ2) is 9.24. The maximum absolute atomic E-state index is 12.2. The zero-order valence-corrected chi connectivity index (χ0v) is 15.4. The van der Waals surface area contributed by atoms with Crippen molar-refractivity contribution in [2.24, 2.45) is 0 Å². The van der Waals surface area contributed by atoms with Crippen LogP contribution in [0.5, 0.6) is 11.5 Å². The van der Waals surface area contributed by atoms with Gasteiger partial charge in [-0.3, -0.25) is 9.59 Å². The van der Waals surface area contributed by atoms with E-state index in [1.165, 1.54) is 7.11 Å². The highest BCUT2D eigenvalue weighted by Gasteiger charge is 2.19. The van der Waals surface area contributed by atoms with Gasteiger partial charge in [-0.2, -0.15) is 0 Å². The fraction of sp³-hybridized carbons (Fsp3) is 0.389. The monoisotopic (exact) mass is 380 g/mol. The maximum Gasteiger partial charge on any atom is 0.325 e. The molecule has 1 aromatic heterocycles. The molecule has 2 aromatic rings. The number of aromatic hydroxyl groups is 1. The topological polar surface area (TPSA) is 97.8 Å². The van der Waals surface area contributed by atoms with Gasteiger partial charge in [0.25, 0.3) is 5.91 Å². The van der Waals surface area contributed by atoms with Gasteiger partial charge < -0.3 is 19.9 Å². The average Bonchev–Trinajstić information content (AvgIpc) is 2.65. The molecule has 1 amide bonds. The first kappa shape index (κ1) is 19.8. The van der Waals surface area contributed by atoms with Crippen molar-refractivity contribution in [3.8, 4) is 11.5 Å². The maximum atomic E-state index is 12.2. The summed E-state index contributed by atoms with van der Waals surface area (Å²) in [5.74, 6) is -1.04. The van der Waals surface area contributed by atoms with Gasteiger partial charge in [0.15, 0.2) is 11.4 Å². The molecule has 0 saturated carbocycles. The lowest BCUT2D eigenvalue weighted by Crippen LogP contribution is -2.31. The van der Waals surface area contributed by atoms with E-state index in [1.807, 2.05) is 6.92 Å². The Morgan fingerprint density at radius 3 is 2.73 bits per heavy atom. The van der Waals surface area contributed by atoms with E-state index in [-0.39, 0.29) is 23.1 Å². The smallest absolute Gasteiger partial charge is 0.325 e. The van der Waals surface area contributed by atoms with Crippen LogP contribution in [0.1, 0.15) is 36.7 Å². The highest BCUT2D eigenvalue weighted by Crippen LogP contribution is 2.34. The highest BCUT2D eigenvalue weighted by molar-refractivity contribution is 6.35. The molecular weight excluding hydrogens is 360 g/mol. The summed E-state index contributed by atoms with van der Waals surface area (Å²) < 4.78 is 10.1. The molecule has 0 bridgehead atoms. The Morgan fingerprint density at radius 2 is 2.04 bits per heavy atom. The van der Waals surface area contributed by atoms with Crippen LogP contribution in [0, 0.1) is 0 Å². The van der Waals surface area contributed by atoms with E-state index >= 15 is 0 Å². The largest absolute Gasteiger partial charge is 0.505 e. The summed E-state index contributed by atoms with van der Waals surface area (Å²) in [5.41, 5.74) is -0.258. The lowest BCUT2D eigenvalue weighted by molar-refractivity contribution is -0.142. The minimum Gasteiger partial charge on any atom is -0.505 e. The number of carbonyl (C=O) groups is 2. The number of halogens is 1. The SMILES string of the molecule is CCCCCOC(=O)CNC(=O)c1nc(Cl)c2cc(OC)ccc2c1O. The quantitative estimate of drug-likeness (QED) is 0.415. The summed E-state index contributed by atoms with van der Waals surface area (Å²) in [5, 5.41) is 13.6. The Labute approximate surface area is 156 Å². The Balaban J connectivity index is 2.08. The van der Waals surface area contributed by atoms with E-state index in [2.05, 4.69) is 10.3 Å². The number of hydrogen-bond acceptors (Lipinski definition) is 6. The molecule has 8 heteroatoms. The number of ether oxygens (including phenoxy) is 2. The van der Waals surface area contributed by atoms with Gasteiger partial charge in [-0.05, 0) is 24.6 Å². The lowest BCUT2D eigenvalue weighted by Gasteiger charge is -2.10. The average molecular weight is 381 g/mol. The van der Waals surface area contributed by atoms with Gasteiger partial charge in [-0.1, -0.05) is 31.4 Å². The van der Waals surface area contributed by atoms with Crippen molar-refractivity contribution in [1.29, 1.82) is 0 Å². The van der Waals surface area contributed by atoms with Crippen LogP contribution in [-0.4, -0.2) is 42.2 Å². The van der Waals surface area contributed by atoms with Crippen LogP contribution < -0.4 is 10.1 Å². The van der Waals surface area contributed by atoms with E-state index in [0.29, 0.717) is 23.1 Å². The molecule has 0 atom stereocenters. The Kier molecular flexibility index (Phi) is 7.03. The predicted octanol–water partition coefficient (Wildman–Crippen LogP) is 3.07. The first-order chi connectivity index (χ1) is 12.5. The molecule has 0 fully saturated rings. The van der Waals surface area contributed by atoms with Crippen molar-refractivity contribution in [2.75, 3.05) is 20.3 Å². The third-order valence-electron chi connectivity index (χ3n) is 3.76. The van der Waals surface area contributed by atoms with Crippen LogP contribution in [0.3, 0.4) is 0 Å². The van der Waals surface area contributed by atoms with Crippen LogP contribution in [0.15, 0.2) is 18.2 Å². The third-order valence-corrected chi connectivity index (χ3v) is 4.05. The molecule has 7 nitrogen and oxygen atoms in total. The van der Waals surface area contributed by atoms with Gasteiger partial charge >= 0.3 is 5.97 Å². The summed E-state index contributed by atoms with van der Waals surface area (Å²) in [7, 11) is 1.51. The van der Waals surface area contributed by atoms with Crippen LogP contribution in [-0.2, 0) is 9.53 Å². The molecule has 0 aliphatic heterocycles. The number of pyridine rings is 1. The summed E-state index contributed by atoms with van der Waals surface area (Å²) in [6, 6.07) is 4.82. The second-order valence-electron chi connectivity index (χ2n) is 5.62. The van der Waals surface area contributed by atoms with Crippen molar-refractivity contribution in [1.82, 2.24) is 10.3 Å².